The van der Waals surface area contributed by atoms with Crippen LogP contribution >= 0.6 is 0 Å². The summed E-state index contributed by atoms with van der Waals surface area (Å²) in [6.45, 7) is 1.40. The van der Waals surface area contributed by atoms with Crippen molar-refractivity contribution >= 4 is 16.7 Å². The Morgan fingerprint density at radius 3 is 2.47 bits per heavy atom. The fraction of sp³-hybridized carbons (Fsp3) is 0.0833. The number of benzene rings is 2. The van der Waals surface area contributed by atoms with Crippen LogP contribution in [0.2, 0.25) is 0 Å². The second-order valence-corrected chi connectivity index (χ2v) is 3.07. The third kappa shape index (κ3) is 2.81. The summed E-state index contributed by atoms with van der Waals surface area (Å²) < 4.78 is 5.09. The summed E-state index contributed by atoms with van der Waals surface area (Å²) >= 11 is 0. The molecule has 0 aromatic heterocycles. The third-order valence-corrected chi connectivity index (χ3v) is 2.00. The number of ether oxygens (including phenoxy) is 1. The van der Waals surface area contributed by atoms with Gasteiger partial charge in [0.1, 0.15) is 5.75 Å². The second-order valence-electron chi connectivity index (χ2n) is 3.07. The monoisotopic (exact) mass is 209 g/mol. The zero-order chi connectivity index (χ0) is 9.97. The molecule has 0 unspecified atom stereocenters. The first-order valence-corrected chi connectivity index (χ1v) is 4.43. The number of carbonyl (C=O) groups excluding carboxylic acids is 1. The molecule has 0 amide bonds. The third-order valence-electron chi connectivity index (χ3n) is 2.00. The topological polar surface area (TPSA) is 26.3 Å². The summed E-state index contributed by atoms with van der Waals surface area (Å²) in [5, 5.41) is 2.04. The molecule has 2 nitrogen and oxygen atoms in total. The second kappa shape index (κ2) is 5.31. The molecule has 0 spiro atoms. The van der Waals surface area contributed by atoms with Crippen LogP contribution in [0.5, 0.6) is 5.75 Å². The Kier molecular flexibility index (Phi) is 4.33. The van der Waals surface area contributed by atoms with Crippen LogP contribution in [0.25, 0.3) is 10.8 Å². The number of hydrogen-bond acceptors (Lipinski definition) is 2. The van der Waals surface area contributed by atoms with Crippen LogP contribution in [-0.2, 0) is 4.79 Å². The zero-order valence-electron chi connectivity index (χ0n) is 8.86. The predicted octanol–water partition coefficient (Wildman–Crippen LogP) is -0.231. The van der Waals surface area contributed by atoms with Crippen LogP contribution in [0.3, 0.4) is 0 Å². The summed E-state index contributed by atoms with van der Waals surface area (Å²) in [5.74, 6) is 0.331. The Morgan fingerprint density at radius 2 is 1.73 bits per heavy atom. The van der Waals surface area contributed by atoms with Crippen LogP contribution in [0, 0.1) is 0 Å². The largest absolute Gasteiger partial charge is 1.00 e. The normalized spacial score (nSPS) is 9.40. The molecule has 0 aliphatic rings. The van der Waals surface area contributed by atoms with Crippen LogP contribution < -0.4 is 34.3 Å². The van der Waals surface area contributed by atoms with Gasteiger partial charge in [-0.3, -0.25) is 4.79 Å². The van der Waals surface area contributed by atoms with Gasteiger partial charge in [0.05, 0.1) is 0 Å². The van der Waals surface area contributed by atoms with E-state index in [9.17, 15) is 4.79 Å². The minimum absolute atomic E-state index is 0. The average Bonchev–Trinajstić information content (AvgIpc) is 2.18. The van der Waals surface area contributed by atoms with Gasteiger partial charge in [0.2, 0.25) is 0 Å². The van der Waals surface area contributed by atoms with E-state index < -0.39 is 0 Å². The molecular formula is C12H10NaO2+. The first-order valence-electron chi connectivity index (χ1n) is 4.43. The fourth-order valence-electron chi connectivity index (χ4n) is 1.44. The fourth-order valence-corrected chi connectivity index (χ4v) is 1.44. The Bertz CT molecular complexity index is 475. The molecule has 0 atom stereocenters. The van der Waals surface area contributed by atoms with Gasteiger partial charge in [-0.2, -0.15) is 0 Å². The van der Waals surface area contributed by atoms with E-state index in [2.05, 4.69) is 0 Å². The molecule has 2 aromatic carbocycles. The number of hydrogen-bond donors (Lipinski definition) is 0. The molecule has 0 fully saturated rings. The Morgan fingerprint density at radius 1 is 1.07 bits per heavy atom. The minimum Gasteiger partial charge on any atom is -0.426 e. The van der Waals surface area contributed by atoms with Gasteiger partial charge >= 0.3 is 35.5 Å². The first kappa shape index (κ1) is 12.2. The van der Waals surface area contributed by atoms with Gasteiger partial charge in [-0.1, -0.05) is 36.4 Å². The smallest absolute Gasteiger partial charge is 0.426 e. The zero-order valence-corrected chi connectivity index (χ0v) is 10.9. The Balaban J connectivity index is 0.00000112. The van der Waals surface area contributed by atoms with E-state index in [1.165, 1.54) is 6.92 Å². The van der Waals surface area contributed by atoms with Crippen LogP contribution in [0.15, 0.2) is 42.5 Å². The maximum absolute atomic E-state index is 10.8. The maximum Gasteiger partial charge on any atom is 1.00 e. The number of rotatable bonds is 1. The molecule has 0 aliphatic heterocycles. The molecule has 0 radical (unpaired) electrons. The number of fused-ring (bicyclic) bond motifs is 1. The van der Waals surface area contributed by atoms with Crippen molar-refractivity contribution in [1.82, 2.24) is 0 Å². The van der Waals surface area contributed by atoms with E-state index in [1.54, 1.807) is 6.07 Å². The van der Waals surface area contributed by atoms with Crippen LogP contribution in [0.4, 0.5) is 0 Å². The van der Waals surface area contributed by atoms with Gasteiger partial charge in [-0.15, -0.1) is 0 Å². The van der Waals surface area contributed by atoms with E-state index in [4.69, 9.17) is 4.74 Å². The summed E-state index contributed by atoms with van der Waals surface area (Å²) in [6.07, 6.45) is 0. The van der Waals surface area contributed by atoms with Crippen molar-refractivity contribution in [1.29, 1.82) is 0 Å². The van der Waals surface area contributed by atoms with Crippen molar-refractivity contribution in [2.45, 2.75) is 6.92 Å². The average molecular weight is 209 g/mol. The van der Waals surface area contributed by atoms with Crippen LogP contribution in [-0.4, -0.2) is 5.97 Å². The van der Waals surface area contributed by atoms with Crippen molar-refractivity contribution in [3.05, 3.63) is 42.5 Å². The molecule has 0 saturated carbocycles. The molecule has 3 heteroatoms. The van der Waals surface area contributed by atoms with Gasteiger partial charge in [0, 0.05) is 12.3 Å². The standard InChI is InChI=1S/C12H10O2.Na/c1-9(13)14-12-8-4-6-10-5-2-3-7-11(10)12;/h2-8H,1H3;/q;+1. The van der Waals surface area contributed by atoms with E-state index in [0.29, 0.717) is 5.75 Å². The van der Waals surface area contributed by atoms with Gasteiger partial charge in [0.25, 0.3) is 0 Å². The predicted molar refractivity (Wildman–Crippen MR) is 55.3 cm³/mol. The maximum atomic E-state index is 10.8. The Labute approximate surface area is 111 Å². The first-order chi connectivity index (χ1) is 6.77. The quantitative estimate of drug-likeness (QED) is 0.368. The Hall–Kier alpha value is -0.830. The van der Waals surface area contributed by atoms with Crippen molar-refractivity contribution in [2.75, 3.05) is 0 Å². The van der Waals surface area contributed by atoms with Gasteiger partial charge < -0.3 is 4.74 Å². The van der Waals surface area contributed by atoms with Gasteiger partial charge in [0.15, 0.2) is 0 Å². The van der Waals surface area contributed by atoms with Crippen molar-refractivity contribution in [3.63, 3.8) is 0 Å². The number of esters is 1. The molecule has 0 N–H and O–H groups in total. The van der Waals surface area contributed by atoms with Crippen molar-refractivity contribution < 1.29 is 39.1 Å². The molecule has 2 rings (SSSR count). The molecule has 0 aliphatic carbocycles. The summed E-state index contributed by atoms with van der Waals surface area (Å²) in [7, 11) is 0. The van der Waals surface area contributed by atoms with Crippen molar-refractivity contribution in [2.24, 2.45) is 0 Å². The molecular weight excluding hydrogens is 199 g/mol. The van der Waals surface area contributed by atoms with E-state index in [1.807, 2.05) is 36.4 Å². The molecule has 15 heavy (non-hydrogen) atoms. The number of carbonyl (C=O) groups is 1. The molecule has 0 saturated heterocycles. The molecule has 0 heterocycles. The van der Waals surface area contributed by atoms with Crippen LogP contribution in [0.1, 0.15) is 6.92 Å². The van der Waals surface area contributed by atoms with Gasteiger partial charge in [-0.25, -0.2) is 0 Å². The van der Waals surface area contributed by atoms with E-state index in [0.717, 1.165) is 10.8 Å². The van der Waals surface area contributed by atoms with Gasteiger partial charge in [-0.05, 0) is 11.5 Å². The van der Waals surface area contributed by atoms with E-state index in [-0.39, 0.29) is 35.5 Å². The summed E-state index contributed by atoms with van der Waals surface area (Å²) in [5.41, 5.74) is 0. The van der Waals surface area contributed by atoms with E-state index >= 15 is 0 Å². The molecule has 70 valence electrons. The van der Waals surface area contributed by atoms with Crippen molar-refractivity contribution in [3.8, 4) is 5.75 Å². The SMILES string of the molecule is CC(=O)Oc1cccc2ccccc12.[Na+]. The minimum atomic E-state index is -0.290. The summed E-state index contributed by atoms with van der Waals surface area (Å²) in [4.78, 5) is 10.8. The molecule has 0 bridgehead atoms. The summed E-state index contributed by atoms with van der Waals surface area (Å²) in [6, 6.07) is 13.5. The molecule has 2 aromatic rings.